The Morgan fingerprint density at radius 2 is 2.21 bits per heavy atom. The molecular weight excluding hydrogens is 302 g/mol. The summed E-state index contributed by atoms with van der Waals surface area (Å²) in [7, 11) is 6.29. The first kappa shape index (κ1) is 14.8. The number of nitrogens with zero attached hydrogens (tertiary/aromatic N) is 2. The van der Waals surface area contributed by atoms with E-state index in [1.54, 1.807) is 0 Å². The number of rotatable bonds is 5. The summed E-state index contributed by atoms with van der Waals surface area (Å²) in [5.41, 5.74) is 2.66. The number of anilines is 1. The van der Waals surface area contributed by atoms with Gasteiger partial charge >= 0.3 is 0 Å². The van der Waals surface area contributed by atoms with Gasteiger partial charge < -0.3 is 15.1 Å². The molecule has 106 valence electrons. The van der Waals surface area contributed by atoms with Crippen molar-refractivity contribution < 1.29 is 0 Å². The van der Waals surface area contributed by atoms with Crippen LogP contribution in [-0.2, 0) is 6.54 Å². The maximum atomic E-state index is 3.74. The summed E-state index contributed by atoms with van der Waals surface area (Å²) in [5, 5.41) is 3.19. The first-order valence-corrected chi connectivity index (χ1v) is 7.75. The largest absolute Gasteiger partial charge is 0.366 e. The van der Waals surface area contributed by atoms with E-state index in [4.69, 9.17) is 0 Å². The van der Waals surface area contributed by atoms with E-state index in [2.05, 4.69) is 63.3 Å². The summed E-state index contributed by atoms with van der Waals surface area (Å²) >= 11 is 3.74. The molecule has 3 nitrogen and oxygen atoms in total. The zero-order valence-corrected chi connectivity index (χ0v) is 13.7. The summed E-state index contributed by atoms with van der Waals surface area (Å²) in [6.45, 7) is 3.22. The SMILES string of the molecule is CNCc1ccc(N2CCCC2CN(C)C)c(Br)c1. The van der Waals surface area contributed by atoms with Gasteiger partial charge in [-0.25, -0.2) is 0 Å². The maximum absolute atomic E-state index is 3.74. The number of halogens is 1. The zero-order valence-electron chi connectivity index (χ0n) is 12.1. The van der Waals surface area contributed by atoms with Gasteiger partial charge in [-0.15, -0.1) is 0 Å². The van der Waals surface area contributed by atoms with Crippen LogP contribution >= 0.6 is 15.9 Å². The van der Waals surface area contributed by atoms with Crippen molar-refractivity contribution in [1.29, 1.82) is 0 Å². The minimum Gasteiger partial charge on any atom is -0.366 e. The van der Waals surface area contributed by atoms with Crippen LogP contribution in [0.25, 0.3) is 0 Å². The zero-order chi connectivity index (χ0) is 13.8. The molecule has 1 aliphatic heterocycles. The van der Waals surface area contributed by atoms with E-state index in [-0.39, 0.29) is 0 Å². The maximum Gasteiger partial charge on any atom is 0.0513 e. The first-order valence-electron chi connectivity index (χ1n) is 6.96. The molecule has 1 fully saturated rings. The van der Waals surface area contributed by atoms with Crippen molar-refractivity contribution in [2.75, 3.05) is 39.1 Å². The highest BCUT2D eigenvalue weighted by Gasteiger charge is 2.26. The molecule has 19 heavy (non-hydrogen) atoms. The van der Waals surface area contributed by atoms with Gasteiger partial charge in [0.15, 0.2) is 0 Å². The first-order chi connectivity index (χ1) is 9.11. The van der Waals surface area contributed by atoms with Crippen molar-refractivity contribution in [1.82, 2.24) is 10.2 Å². The molecule has 0 aromatic heterocycles. The van der Waals surface area contributed by atoms with Gasteiger partial charge in [0, 0.05) is 30.1 Å². The molecule has 4 heteroatoms. The number of nitrogens with one attached hydrogen (secondary N) is 1. The number of hydrogen-bond donors (Lipinski definition) is 1. The number of benzene rings is 1. The lowest BCUT2D eigenvalue weighted by Crippen LogP contribution is -2.37. The van der Waals surface area contributed by atoms with Crippen LogP contribution in [0.5, 0.6) is 0 Å². The van der Waals surface area contributed by atoms with E-state index in [0.717, 1.165) is 13.1 Å². The lowest BCUT2D eigenvalue weighted by molar-refractivity contribution is 0.372. The summed E-state index contributed by atoms with van der Waals surface area (Å²) in [4.78, 5) is 4.83. The molecule has 1 aliphatic rings. The van der Waals surface area contributed by atoms with Gasteiger partial charge in [-0.2, -0.15) is 0 Å². The predicted molar refractivity (Wildman–Crippen MR) is 85.8 cm³/mol. The Kier molecular flexibility index (Phi) is 5.25. The number of likely N-dealkylation sites (N-methyl/N-ethyl adjacent to an activating group) is 1. The fourth-order valence-electron chi connectivity index (χ4n) is 2.86. The number of hydrogen-bond acceptors (Lipinski definition) is 3. The monoisotopic (exact) mass is 325 g/mol. The minimum absolute atomic E-state index is 0.640. The second-order valence-electron chi connectivity index (χ2n) is 5.57. The third-order valence-electron chi connectivity index (χ3n) is 3.66. The summed E-state index contributed by atoms with van der Waals surface area (Å²) in [6.07, 6.45) is 2.59. The fourth-order valence-corrected chi connectivity index (χ4v) is 3.52. The molecule has 1 unspecified atom stereocenters. The van der Waals surface area contributed by atoms with Gasteiger partial charge in [0.1, 0.15) is 0 Å². The lowest BCUT2D eigenvalue weighted by Gasteiger charge is -2.30. The van der Waals surface area contributed by atoms with Gasteiger partial charge in [-0.1, -0.05) is 6.07 Å². The van der Waals surface area contributed by atoms with Gasteiger partial charge in [0.05, 0.1) is 5.69 Å². The van der Waals surface area contributed by atoms with Crippen molar-refractivity contribution in [3.63, 3.8) is 0 Å². The summed E-state index contributed by atoms with van der Waals surface area (Å²) in [5.74, 6) is 0. The average molecular weight is 326 g/mol. The van der Waals surface area contributed by atoms with Crippen LogP contribution in [0.2, 0.25) is 0 Å². The molecule has 1 N–H and O–H groups in total. The van der Waals surface area contributed by atoms with Gasteiger partial charge in [-0.05, 0) is 67.6 Å². The van der Waals surface area contributed by atoms with Crippen LogP contribution in [0.15, 0.2) is 22.7 Å². The molecule has 0 amide bonds. The fraction of sp³-hybridized carbons (Fsp3) is 0.600. The topological polar surface area (TPSA) is 18.5 Å². The van der Waals surface area contributed by atoms with E-state index >= 15 is 0 Å². The highest BCUT2D eigenvalue weighted by molar-refractivity contribution is 9.10. The Morgan fingerprint density at radius 1 is 1.42 bits per heavy atom. The Balaban J connectivity index is 2.16. The molecule has 2 rings (SSSR count). The molecule has 1 aromatic carbocycles. The Hall–Kier alpha value is -0.580. The van der Waals surface area contributed by atoms with Crippen LogP contribution < -0.4 is 10.2 Å². The standard InChI is InChI=1S/C15H24BrN3/c1-17-10-12-6-7-15(14(16)9-12)19-8-4-5-13(19)11-18(2)3/h6-7,9,13,17H,4-5,8,10-11H2,1-3H3. The molecule has 0 radical (unpaired) electrons. The van der Waals surface area contributed by atoms with Crippen LogP contribution in [-0.4, -0.2) is 45.2 Å². The Bertz CT molecular complexity index is 420. The second kappa shape index (κ2) is 6.73. The van der Waals surface area contributed by atoms with Crippen molar-refractivity contribution in [2.24, 2.45) is 0 Å². The third-order valence-corrected chi connectivity index (χ3v) is 4.29. The van der Waals surface area contributed by atoms with Gasteiger partial charge in [0.2, 0.25) is 0 Å². The second-order valence-corrected chi connectivity index (χ2v) is 6.42. The molecule has 0 saturated carbocycles. The van der Waals surface area contributed by atoms with Crippen LogP contribution in [0.4, 0.5) is 5.69 Å². The highest BCUT2D eigenvalue weighted by Crippen LogP contribution is 2.33. The minimum atomic E-state index is 0.640. The van der Waals surface area contributed by atoms with Crippen molar-refractivity contribution in [3.8, 4) is 0 Å². The van der Waals surface area contributed by atoms with E-state index in [1.807, 2.05) is 7.05 Å². The Labute approximate surface area is 125 Å². The molecule has 0 spiro atoms. The molecule has 1 saturated heterocycles. The smallest absolute Gasteiger partial charge is 0.0513 e. The van der Waals surface area contributed by atoms with Crippen LogP contribution in [0, 0.1) is 0 Å². The third kappa shape index (κ3) is 3.71. The van der Waals surface area contributed by atoms with E-state index in [1.165, 1.54) is 35.1 Å². The molecule has 1 heterocycles. The molecule has 0 bridgehead atoms. The van der Waals surface area contributed by atoms with Crippen LogP contribution in [0.1, 0.15) is 18.4 Å². The predicted octanol–water partition coefficient (Wildman–Crippen LogP) is 2.70. The van der Waals surface area contributed by atoms with Crippen LogP contribution in [0.3, 0.4) is 0 Å². The van der Waals surface area contributed by atoms with E-state index in [0.29, 0.717) is 6.04 Å². The average Bonchev–Trinajstić information content (AvgIpc) is 2.77. The van der Waals surface area contributed by atoms with E-state index in [9.17, 15) is 0 Å². The van der Waals surface area contributed by atoms with Gasteiger partial charge in [-0.3, -0.25) is 0 Å². The molecule has 1 aromatic rings. The Morgan fingerprint density at radius 3 is 2.84 bits per heavy atom. The normalized spacial score (nSPS) is 19.4. The quantitative estimate of drug-likeness (QED) is 0.898. The molecule has 1 atom stereocenters. The van der Waals surface area contributed by atoms with E-state index < -0.39 is 0 Å². The van der Waals surface area contributed by atoms with Crippen molar-refractivity contribution >= 4 is 21.6 Å². The molecular formula is C15H24BrN3. The summed E-state index contributed by atoms with van der Waals surface area (Å²) in [6, 6.07) is 7.35. The van der Waals surface area contributed by atoms with Crippen molar-refractivity contribution in [2.45, 2.75) is 25.4 Å². The summed E-state index contributed by atoms with van der Waals surface area (Å²) < 4.78 is 1.21. The van der Waals surface area contributed by atoms with Gasteiger partial charge in [0.25, 0.3) is 0 Å². The highest BCUT2D eigenvalue weighted by atomic mass is 79.9. The van der Waals surface area contributed by atoms with Crippen molar-refractivity contribution in [3.05, 3.63) is 28.2 Å². The molecule has 0 aliphatic carbocycles. The lowest BCUT2D eigenvalue weighted by atomic mass is 10.1.